The molecule has 8 heteroatoms. The predicted molar refractivity (Wildman–Crippen MR) is 102 cm³/mol. The van der Waals surface area contributed by atoms with Gasteiger partial charge in [0.25, 0.3) is 0 Å². The van der Waals surface area contributed by atoms with Crippen LogP contribution in [0, 0.1) is 0 Å². The summed E-state index contributed by atoms with van der Waals surface area (Å²) in [5.74, 6) is -0.966. The van der Waals surface area contributed by atoms with Gasteiger partial charge in [0.2, 0.25) is 11.8 Å². The molecule has 2 rings (SSSR count). The van der Waals surface area contributed by atoms with Crippen LogP contribution in [0.4, 0.5) is 18.9 Å². The third-order valence-electron chi connectivity index (χ3n) is 4.14. The highest BCUT2D eigenvalue weighted by Gasteiger charge is 2.33. The number of para-hydroxylation sites is 1. The van der Waals surface area contributed by atoms with E-state index >= 15 is 0 Å². The van der Waals surface area contributed by atoms with Gasteiger partial charge in [0.05, 0.1) is 17.8 Å². The molecule has 0 aliphatic heterocycles. The van der Waals surface area contributed by atoms with Crippen molar-refractivity contribution in [2.45, 2.75) is 25.9 Å². The SMILES string of the molecule is CCN(CC(=O)Nc1ccccc1C(F)(F)F)C(=O)CCc1ccccc1Cl. The van der Waals surface area contributed by atoms with Crippen LogP contribution < -0.4 is 5.32 Å². The molecule has 0 atom stereocenters. The summed E-state index contributed by atoms with van der Waals surface area (Å²) >= 11 is 6.07. The van der Waals surface area contributed by atoms with Gasteiger partial charge in [-0.05, 0) is 37.1 Å². The number of halogens is 4. The quantitative estimate of drug-likeness (QED) is 0.711. The van der Waals surface area contributed by atoms with E-state index in [2.05, 4.69) is 5.32 Å². The number of hydrogen-bond acceptors (Lipinski definition) is 2. The van der Waals surface area contributed by atoms with E-state index in [0.717, 1.165) is 11.6 Å². The summed E-state index contributed by atoms with van der Waals surface area (Å²) in [6, 6.07) is 11.9. The first kappa shape index (κ1) is 21.8. The summed E-state index contributed by atoms with van der Waals surface area (Å²) in [5.41, 5.74) is -0.451. The van der Waals surface area contributed by atoms with E-state index in [9.17, 15) is 22.8 Å². The molecular formula is C20H20ClF3N2O2. The molecule has 0 bridgehead atoms. The predicted octanol–water partition coefficient (Wildman–Crippen LogP) is 4.78. The molecule has 0 saturated heterocycles. The first-order valence-corrected chi connectivity index (χ1v) is 9.07. The maximum Gasteiger partial charge on any atom is 0.418 e. The van der Waals surface area contributed by atoms with Crippen molar-refractivity contribution in [3.8, 4) is 0 Å². The molecule has 28 heavy (non-hydrogen) atoms. The monoisotopic (exact) mass is 412 g/mol. The minimum atomic E-state index is -4.58. The van der Waals surface area contributed by atoms with Crippen LogP contribution in [-0.4, -0.2) is 29.8 Å². The Bertz CT molecular complexity index is 840. The van der Waals surface area contributed by atoms with Crippen molar-refractivity contribution in [1.29, 1.82) is 0 Å². The highest BCUT2D eigenvalue weighted by molar-refractivity contribution is 6.31. The number of carbonyl (C=O) groups excluding carboxylic acids is 2. The molecular weight excluding hydrogens is 393 g/mol. The van der Waals surface area contributed by atoms with Gasteiger partial charge >= 0.3 is 6.18 Å². The van der Waals surface area contributed by atoms with E-state index in [1.54, 1.807) is 19.1 Å². The molecule has 0 radical (unpaired) electrons. The molecule has 0 saturated carbocycles. The van der Waals surface area contributed by atoms with Crippen molar-refractivity contribution < 1.29 is 22.8 Å². The first-order chi connectivity index (χ1) is 13.2. The molecule has 1 N–H and O–H groups in total. The van der Waals surface area contributed by atoms with Gasteiger partial charge in [-0.1, -0.05) is 41.9 Å². The zero-order valence-corrected chi connectivity index (χ0v) is 16.0. The lowest BCUT2D eigenvalue weighted by atomic mass is 10.1. The van der Waals surface area contributed by atoms with Crippen molar-refractivity contribution >= 4 is 29.1 Å². The van der Waals surface area contributed by atoms with E-state index in [0.29, 0.717) is 11.4 Å². The zero-order chi connectivity index (χ0) is 20.7. The number of anilines is 1. The van der Waals surface area contributed by atoms with Gasteiger partial charge in [-0.15, -0.1) is 0 Å². The number of alkyl halides is 3. The van der Waals surface area contributed by atoms with Crippen LogP contribution in [-0.2, 0) is 22.2 Å². The largest absolute Gasteiger partial charge is 0.418 e. The minimum absolute atomic E-state index is 0.143. The second-order valence-corrected chi connectivity index (χ2v) is 6.50. The number of aryl methyl sites for hydroxylation is 1. The molecule has 0 unspecified atom stereocenters. The topological polar surface area (TPSA) is 49.4 Å². The number of nitrogens with zero attached hydrogens (tertiary/aromatic N) is 1. The molecule has 2 amide bonds. The number of nitrogens with one attached hydrogen (secondary N) is 1. The van der Waals surface area contributed by atoms with E-state index < -0.39 is 17.6 Å². The lowest BCUT2D eigenvalue weighted by Crippen LogP contribution is -2.38. The number of rotatable bonds is 7. The molecule has 150 valence electrons. The van der Waals surface area contributed by atoms with Crippen LogP contribution in [0.3, 0.4) is 0 Å². The van der Waals surface area contributed by atoms with Crippen LogP contribution in [0.2, 0.25) is 5.02 Å². The Hall–Kier alpha value is -2.54. The summed E-state index contributed by atoms with van der Waals surface area (Å²) in [4.78, 5) is 25.9. The first-order valence-electron chi connectivity index (χ1n) is 8.69. The van der Waals surface area contributed by atoms with Crippen LogP contribution in [0.25, 0.3) is 0 Å². The van der Waals surface area contributed by atoms with Gasteiger partial charge in [-0.3, -0.25) is 9.59 Å². The Labute approximate surface area is 166 Å². The third kappa shape index (κ3) is 5.99. The second kappa shape index (κ2) is 9.59. The second-order valence-electron chi connectivity index (χ2n) is 6.09. The van der Waals surface area contributed by atoms with Crippen LogP contribution >= 0.6 is 11.6 Å². The highest BCUT2D eigenvalue weighted by Crippen LogP contribution is 2.34. The van der Waals surface area contributed by atoms with Gasteiger partial charge in [0.1, 0.15) is 0 Å². The van der Waals surface area contributed by atoms with Gasteiger partial charge in [0, 0.05) is 18.0 Å². The number of amides is 2. The Morgan fingerprint density at radius 2 is 1.71 bits per heavy atom. The fraction of sp³-hybridized carbons (Fsp3) is 0.300. The smallest absolute Gasteiger partial charge is 0.334 e. The Kier molecular flexibility index (Phi) is 7.45. The fourth-order valence-corrected chi connectivity index (χ4v) is 2.91. The van der Waals surface area contributed by atoms with Gasteiger partial charge in [0.15, 0.2) is 0 Å². The molecule has 0 fully saturated rings. The summed E-state index contributed by atoms with van der Waals surface area (Å²) in [6.07, 6.45) is -4.03. The molecule has 0 heterocycles. The van der Waals surface area contributed by atoms with Gasteiger partial charge in [-0.25, -0.2) is 0 Å². The highest BCUT2D eigenvalue weighted by atomic mass is 35.5. The van der Waals surface area contributed by atoms with Gasteiger partial charge in [-0.2, -0.15) is 13.2 Å². The average molecular weight is 413 g/mol. The normalized spacial score (nSPS) is 11.2. The molecule has 2 aromatic rings. The number of hydrogen-bond donors (Lipinski definition) is 1. The van der Waals surface area contributed by atoms with Crippen molar-refractivity contribution in [1.82, 2.24) is 4.90 Å². The molecule has 0 aliphatic rings. The summed E-state index contributed by atoms with van der Waals surface area (Å²) in [6.45, 7) is 1.63. The summed E-state index contributed by atoms with van der Waals surface area (Å²) in [7, 11) is 0. The van der Waals surface area contributed by atoms with Crippen LogP contribution in [0.1, 0.15) is 24.5 Å². The van der Waals surface area contributed by atoms with Gasteiger partial charge < -0.3 is 10.2 Å². The zero-order valence-electron chi connectivity index (χ0n) is 15.2. The molecule has 2 aromatic carbocycles. The average Bonchev–Trinajstić information content (AvgIpc) is 2.64. The van der Waals surface area contributed by atoms with E-state index in [4.69, 9.17) is 11.6 Å². The molecule has 0 spiro atoms. The van der Waals surface area contributed by atoms with Crippen LogP contribution in [0.5, 0.6) is 0 Å². The fourth-order valence-electron chi connectivity index (χ4n) is 2.68. The molecule has 0 aromatic heterocycles. The maximum absolute atomic E-state index is 13.0. The lowest BCUT2D eigenvalue weighted by molar-refractivity contribution is -0.137. The third-order valence-corrected chi connectivity index (χ3v) is 4.51. The Morgan fingerprint density at radius 3 is 2.36 bits per heavy atom. The van der Waals surface area contributed by atoms with Crippen molar-refractivity contribution in [2.24, 2.45) is 0 Å². The molecule has 4 nitrogen and oxygen atoms in total. The standard InChI is InChI=1S/C20H20ClF3N2O2/c1-2-26(19(28)12-11-14-7-3-5-9-16(14)21)13-18(27)25-17-10-6-4-8-15(17)20(22,23)24/h3-10H,2,11-13H2,1H3,(H,25,27). The van der Waals surface area contributed by atoms with Crippen molar-refractivity contribution in [2.75, 3.05) is 18.4 Å². The number of benzene rings is 2. The van der Waals surface area contributed by atoms with Crippen molar-refractivity contribution in [3.05, 3.63) is 64.7 Å². The van der Waals surface area contributed by atoms with Crippen molar-refractivity contribution in [3.63, 3.8) is 0 Å². The Balaban J connectivity index is 1.98. The minimum Gasteiger partial charge on any atom is -0.334 e. The molecule has 0 aliphatic carbocycles. The summed E-state index contributed by atoms with van der Waals surface area (Å²) < 4.78 is 39.1. The van der Waals surface area contributed by atoms with E-state index in [1.165, 1.54) is 23.1 Å². The van der Waals surface area contributed by atoms with E-state index in [-0.39, 0.29) is 31.1 Å². The maximum atomic E-state index is 13.0. The lowest BCUT2D eigenvalue weighted by Gasteiger charge is -2.21. The van der Waals surface area contributed by atoms with E-state index in [1.807, 2.05) is 12.1 Å². The summed E-state index contributed by atoms with van der Waals surface area (Å²) in [5, 5.41) is 2.80. The van der Waals surface area contributed by atoms with Crippen LogP contribution in [0.15, 0.2) is 48.5 Å². The Morgan fingerprint density at radius 1 is 1.07 bits per heavy atom. The number of carbonyl (C=O) groups is 2. The number of likely N-dealkylation sites (N-methyl/N-ethyl adjacent to an activating group) is 1.